The number of hydrogen-bond acceptors (Lipinski definition) is 1. The molecular formula is C2H5Br2N. The first-order valence-corrected chi connectivity index (χ1v) is 1.80. The van der Waals surface area contributed by atoms with Gasteiger partial charge in [0.1, 0.15) is 0 Å². The molecule has 0 aromatic heterocycles. The van der Waals surface area contributed by atoms with Crippen LogP contribution in [-0.4, -0.2) is 0 Å². The van der Waals surface area contributed by atoms with Gasteiger partial charge in [-0.15, -0.1) is 17.0 Å². The Balaban J connectivity index is 0. The van der Waals surface area contributed by atoms with Crippen LogP contribution < -0.4 is 5.73 Å². The van der Waals surface area contributed by atoms with Gasteiger partial charge in [0.15, 0.2) is 0 Å². The predicted molar refractivity (Wildman–Crippen MR) is 32.6 cm³/mol. The molecule has 0 unspecified atom stereocenters. The summed E-state index contributed by atoms with van der Waals surface area (Å²) in [6.07, 6.45) is 1.42. The second kappa shape index (κ2) is 8.82. The molecule has 0 aliphatic heterocycles. The zero-order chi connectivity index (χ0) is 3.41. The second-order valence-corrected chi connectivity index (χ2v) is 0.847. The van der Waals surface area contributed by atoms with E-state index in [4.69, 9.17) is 5.73 Å². The highest BCUT2D eigenvalue weighted by molar-refractivity contribution is 9.11. The molecular weight excluding hydrogens is 198 g/mol. The largest absolute Gasteiger partial charge is 0.404 e. The summed E-state index contributed by atoms with van der Waals surface area (Å²) in [7, 11) is 0. The molecule has 0 spiro atoms. The van der Waals surface area contributed by atoms with Gasteiger partial charge >= 0.3 is 0 Å². The average Bonchev–Trinajstić information content (AvgIpc) is 1.37. The van der Waals surface area contributed by atoms with Crippen molar-refractivity contribution in [1.29, 1.82) is 0 Å². The van der Waals surface area contributed by atoms with E-state index in [-0.39, 0.29) is 17.0 Å². The topological polar surface area (TPSA) is 26.0 Å². The third kappa shape index (κ3) is 12.5. The highest BCUT2D eigenvalue weighted by Gasteiger charge is 1.35. The van der Waals surface area contributed by atoms with Crippen molar-refractivity contribution in [2.75, 3.05) is 0 Å². The van der Waals surface area contributed by atoms with E-state index in [1.165, 1.54) is 6.20 Å². The Hall–Kier alpha value is 0.500. The van der Waals surface area contributed by atoms with E-state index in [0.717, 1.165) is 0 Å². The van der Waals surface area contributed by atoms with Gasteiger partial charge in [-0.25, -0.2) is 0 Å². The minimum absolute atomic E-state index is 0. The zero-order valence-corrected chi connectivity index (χ0v) is 5.82. The van der Waals surface area contributed by atoms with Crippen molar-refractivity contribution in [1.82, 2.24) is 0 Å². The van der Waals surface area contributed by atoms with Crippen molar-refractivity contribution in [3.05, 3.63) is 11.2 Å². The van der Waals surface area contributed by atoms with Crippen molar-refractivity contribution in [2.24, 2.45) is 5.73 Å². The maximum atomic E-state index is 4.80. The summed E-state index contributed by atoms with van der Waals surface area (Å²) in [5.41, 5.74) is 4.80. The fourth-order valence-corrected chi connectivity index (χ4v) is 0. The molecule has 0 amide bonds. The van der Waals surface area contributed by atoms with Crippen LogP contribution in [-0.2, 0) is 0 Å². The molecule has 0 aromatic carbocycles. The minimum atomic E-state index is 0. The quantitative estimate of drug-likeness (QED) is 0.632. The number of hydrogen-bond donors (Lipinski definition) is 1. The van der Waals surface area contributed by atoms with Gasteiger partial charge in [0.25, 0.3) is 0 Å². The maximum absolute atomic E-state index is 4.80. The lowest BCUT2D eigenvalue weighted by Crippen LogP contribution is -1.69. The summed E-state index contributed by atoms with van der Waals surface area (Å²) in [4.78, 5) is 1.59. The molecule has 1 nitrogen and oxygen atoms in total. The highest BCUT2D eigenvalue weighted by atomic mass is 79.9. The molecule has 0 rings (SSSR count). The van der Waals surface area contributed by atoms with Crippen molar-refractivity contribution in [3.63, 3.8) is 0 Å². The van der Waals surface area contributed by atoms with E-state index < -0.39 is 0 Å². The molecule has 0 aromatic rings. The first-order valence-electron chi connectivity index (χ1n) is 0.885. The molecule has 0 fully saturated rings. The molecule has 0 aliphatic rings. The molecule has 32 valence electrons. The van der Waals surface area contributed by atoms with Crippen LogP contribution in [0.5, 0.6) is 0 Å². The van der Waals surface area contributed by atoms with E-state index in [1.807, 2.05) is 0 Å². The number of rotatable bonds is 0. The Morgan fingerprint density at radius 1 is 1.60 bits per heavy atom. The average molecular weight is 203 g/mol. The lowest BCUT2D eigenvalue weighted by Gasteiger charge is -1.51. The van der Waals surface area contributed by atoms with E-state index in [9.17, 15) is 0 Å². The summed E-state index contributed by atoms with van der Waals surface area (Å²) in [5, 5.41) is 0. The second-order valence-electron chi connectivity index (χ2n) is 0.318. The highest BCUT2D eigenvalue weighted by Crippen LogP contribution is 1.72. The molecule has 0 saturated heterocycles. The van der Waals surface area contributed by atoms with Gasteiger partial charge in [-0.1, -0.05) is 15.9 Å². The lowest BCUT2D eigenvalue weighted by molar-refractivity contribution is 1.63. The molecule has 0 bridgehead atoms. The third-order valence-electron chi connectivity index (χ3n) is 0.0727. The molecule has 0 saturated carbocycles. The van der Waals surface area contributed by atoms with E-state index in [0.29, 0.717) is 0 Å². The summed E-state index contributed by atoms with van der Waals surface area (Å²) in [5.74, 6) is 0. The zero-order valence-electron chi connectivity index (χ0n) is 2.52. The Morgan fingerprint density at radius 2 is 1.80 bits per heavy atom. The van der Waals surface area contributed by atoms with Crippen molar-refractivity contribution >= 4 is 32.9 Å². The summed E-state index contributed by atoms with van der Waals surface area (Å²) >= 11 is 2.94. The Morgan fingerprint density at radius 3 is 1.80 bits per heavy atom. The van der Waals surface area contributed by atoms with Gasteiger partial charge < -0.3 is 5.73 Å². The summed E-state index contributed by atoms with van der Waals surface area (Å²) in [6, 6.07) is 0. The number of nitrogens with two attached hydrogens (primary N) is 1. The van der Waals surface area contributed by atoms with Crippen molar-refractivity contribution in [2.45, 2.75) is 0 Å². The fraction of sp³-hybridized carbons (Fsp3) is 0. The Labute approximate surface area is 50.1 Å². The fourth-order valence-electron chi connectivity index (χ4n) is 0. The molecule has 0 aliphatic carbocycles. The monoisotopic (exact) mass is 201 g/mol. The Bertz CT molecular complexity index is 22.8. The third-order valence-corrected chi connectivity index (χ3v) is 0.378. The van der Waals surface area contributed by atoms with Crippen molar-refractivity contribution < 1.29 is 0 Å². The van der Waals surface area contributed by atoms with Crippen LogP contribution in [0.15, 0.2) is 11.2 Å². The normalized spacial score (nSPS) is 7.40. The number of halogens is 2. The lowest BCUT2D eigenvalue weighted by atomic mass is 11.1. The summed E-state index contributed by atoms with van der Waals surface area (Å²) in [6.45, 7) is 0. The van der Waals surface area contributed by atoms with Crippen LogP contribution in [0.1, 0.15) is 0 Å². The van der Waals surface area contributed by atoms with Gasteiger partial charge in [-0.2, -0.15) is 0 Å². The first-order chi connectivity index (χ1) is 1.91. The summed E-state index contributed by atoms with van der Waals surface area (Å²) < 4.78 is 0. The van der Waals surface area contributed by atoms with Crippen LogP contribution in [0.25, 0.3) is 0 Å². The molecule has 2 N–H and O–H groups in total. The van der Waals surface area contributed by atoms with E-state index in [2.05, 4.69) is 15.9 Å². The van der Waals surface area contributed by atoms with E-state index >= 15 is 0 Å². The smallest absolute Gasteiger partial charge is 0.000801 e. The molecule has 0 radical (unpaired) electrons. The van der Waals surface area contributed by atoms with Crippen LogP contribution in [0.4, 0.5) is 0 Å². The van der Waals surface area contributed by atoms with Crippen molar-refractivity contribution in [3.8, 4) is 0 Å². The van der Waals surface area contributed by atoms with E-state index in [1.54, 1.807) is 4.99 Å². The Kier molecular flexibility index (Phi) is 16.0. The van der Waals surface area contributed by atoms with Gasteiger partial charge in [-0.3, -0.25) is 0 Å². The molecule has 0 heterocycles. The van der Waals surface area contributed by atoms with Gasteiger partial charge in [0, 0.05) is 6.20 Å². The van der Waals surface area contributed by atoms with Crippen LogP contribution in [0.2, 0.25) is 0 Å². The van der Waals surface area contributed by atoms with Gasteiger partial charge in [0.05, 0.1) is 0 Å². The maximum Gasteiger partial charge on any atom is 0.000801 e. The van der Waals surface area contributed by atoms with Crippen LogP contribution >= 0.6 is 32.9 Å². The predicted octanol–water partition coefficient (Wildman–Crippen LogP) is 1.39. The molecule has 5 heavy (non-hydrogen) atoms. The SMILES string of the molecule is Br.NC=CBr. The minimum Gasteiger partial charge on any atom is -0.404 e. The first kappa shape index (κ1) is 9.09. The van der Waals surface area contributed by atoms with Crippen LogP contribution in [0.3, 0.4) is 0 Å². The van der Waals surface area contributed by atoms with Crippen LogP contribution in [0, 0.1) is 0 Å². The molecule has 3 heteroatoms. The standard InChI is InChI=1S/C2H4BrN.BrH/c3-1-2-4;/h1-2H,4H2;1H. The molecule has 0 atom stereocenters. The van der Waals surface area contributed by atoms with Gasteiger partial charge in [-0.05, 0) is 4.99 Å². The van der Waals surface area contributed by atoms with Gasteiger partial charge in [0.2, 0.25) is 0 Å².